The summed E-state index contributed by atoms with van der Waals surface area (Å²) in [5.74, 6) is 5.75. The molecule has 4 rings (SSSR count). The Bertz CT molecular complexity index is 1670. The zero-order chi connectivity index (χ0) is 48.3. The second kappa shape index (κ2) is 49.9. The average molecular weight is 1180 g/mol. The van der Waals surface area contributed by atoms with Crippen molar-refractivity contribution in [1.29, 1.82) is 0 Å². The molecule has 0 bridgehead atoms. The van der Waals surface area contributed by atoms with Crippen LogP contribution in [0.25, 0.3) is 0 Å². The van der Waals surface area contributed by atoms with Crippen LogP contribution in [0.2, 0.25) is 0 Å². The molecule has 3 unspecified atom stereocenters. The lowest BCUT2D eigenvalue weighted by molar-refractivity contribution is 0.166. The third-order valence-corrected chi connectivity index (χ3v) is 22.9. The molecule has 0 fully saturated rings. The van der Waals surface area contributed by atoms with Crippen LogP contribution in [0.5, 0.6) is 0 Å². The van der Waals surface area contributed by atoms with E-state index >= 15 is 0 Å². The van der Waals surface area contributed by atoms with Gasteiger partial charge in [0.15, 0.2) is 33.9 Å². The Labute approximate surface area is 467 Å². The summed E-state index contributed by atoms with van der Waals surface area (Å²) in [6.07, 6.45) is 12.6. The molecule has 10 nitrogen and oxygen atoms in total. The lowest BCUT2D eigenvalue weighted by Crippen LogP contribution is -1.99. The predicted molar refractivity (Wildman–Crippen MR) is 324 cm³/mol. The largest absolute Gasteiger partial charge is 0.870 e. The van der Waals surface area contributed by atoms with Gasteiger partial charge in [0.2, 0.25) is 0 Å². The summed E-state index contributed by atoms with van der Waals surface area (Å²) in [4.78, 5) is 0. The fraction of sp³-hybridized carbons (Fsp3) is 0.826. The van der Waals surface area contributed by atoms with Crippen LogP contribution in [0.4, 0.5) is 0 Å². The van der Waals surface area contributed by atoms with Gasteiger partial charge in [-0.05, 0) is 93.6 Å². The van der Waals surface area contributed by atoms with Gasteiger partial charge < -0.3 is 10.6 Å². The van der Waals surface area contributed by atoms with Crippen molar-refractivity contribution in [2.24, 2.45) is 17.8 Å². The Morgan fingerprint density at radius 1 is 0.412 bits per heavy atom. The third kappa shape index (κ3) is 39.2. The standard InChI is InChI=1S/3C12H22N2S3.C5H12O.C2H2N2S3.3CH4.H2O/c1-5-9(3)7-15-11-13-14-12(17-11)16-8-10(4)6-2;1-5-9(4)8-15-11-13-14-12(17-11)16-10(6-2)7-3;1-5-9(6-2)15-11-13-14-12(17-11)16-10(7-3)8-4;1-3-5(6)4-2;5-1-3-4-2(6)7-1;;;;/h3*9-10H,5-8H2,1-4H3;5-6H,3-4H2,1-2H3;(H,3,5)(H,4,6);3*1H4;1H2/p-1. The number of aromatic amines is 2. The van der Waals surface area contributed by atoms with Crippen LogP contribution in [0.3, 0.4) is 0 Å². The van der Waals surface area contributed by atoms with Crippen LogP contribution in [0.1, 0.15) is 190 Å². The molecule has 0 aliphatic carbocycles. The van der Waals surface area contributed by atoms with Crippen LogP contribution in [0, 0.1) is 25.7 Å². The predicted octanol–water partition coefficient (Wildman–Crippen LogP) is 19.6. The van der Waals surface area contributed by atoms with E-state index in [2.05, 4.69) is 124 Å². The summed E-state index contributed by atoms with van der Waals surface area (Å²) >= 11 is 27.2. The summed E-state index contributed by atoms with van der Waals surface area (Å²) in [5, 5.41) is 41.6. The SMILES string of the molecule is C.C.C.CCC(C)CSc1nnc(SC(CC)CC)s1.CCC(C)CSc1nnc(SCC(C)CC)s1.CCC(CC)Sc1nnc(SC(CC)CC)s1.CCC(O)CC.S=c1[nH][nH]c(=S)s1.[OH-]. The molecule has 4 heterocycles. The summed E-state index contributed by atoms with van der Waals surface area (Å²) < 4.78 is 8.16. The van der Waals surface area contributed by atoms with Gasteiger partial charge >= 0.3 is 0 Å². The molecule has 68 heavy (non-hydrogen) atoms. The molecule has 4 aromatic rings. The second-order valence-corrected chi connectivity index (χ2v) is 28.8. The van der Waals surface area contributed by atoms with Crippen molar-refractivity contribution in [3.63, 3.8) is 0 Å². The highest BCUT2D eigenvalue weighted by atomic mass is 32.2. The second-order valence-electron chi connectivity index (χ2n) is 15.0. The summed E-state index contributed by atoms with van der Waals surface area (Å²) in [5.41, 5.74) is 0. The number of hydrogen-bond acceptors (Lipinski definition) is 20. The molecule has 0 aliphatic heterocycles. The quantitative estimate of drug-likeness (QED) is 0.0402. The Morgan fingerprint density at radius 2 is 0.647 bits per heavy atom. The molecule has 0 spiro atoms. The van der Waals surface area contributed by atoms with E-state index in [1.54, 1.807) is 34.0 Å². The number of aliphatic hydroxyl groups is 1. The Kier molecular flexibility index (Phi) is 56.9. The molecule has 0 saturated heterocycles. The van der Waals surface area contributed by atoms with Crippen LogP contribution in [-0.4, -0.2) is 90.5 Å². The van der Waals surface area contributed by atoms with Gasteiger partial charge in [-0.3, -0.25) is 10.2 Å². The number of rotatable bonds is 26. The van der Waals surface area contributed by atoms with Gasteiger partial charge in [-0.25, -0.2) is 0 Å². The highest BCUT2D eigenvalue weighted by molar-refractivity contribution is 8.04. The first-order chi connectivity index (χ1) is 30.7. The molecule has 22 heteroatoms. The Morgan fingerprint density at radius 3 is 0.838 bits per heavy atom. The maximum absolute atomic E-state index is 8.67. The van der Waals surface area contributed by atoms with Crippen LogP contribution in [-0.2, 0) is 0 Å². The molecule has 3 atom stereocenters. The number of aliphatic hydroxyl groups excluding tert-OH is 1. The topological polar surface area (TPSA) is 159 Å². The summed E-state index contributed by atoms with van der Waals surface area (Å²) in [7, 11) is 0. The number of nitrogens with zero attached hydrogens (tertiary/aromatic N) is 6. The molecule has 0 radical (unpaired) electrons. The van der Waals surface area contributed by atoms with Crippen molar-refractivity contribution in [1.82, 2.24) is 40.8 Å². The monoisotopic (exact) mass is 1170 g/mol. The van der Waals surface area contributed by atoms with E-state index in [0.717, 1.165) is 73.9 Å². The molecule has 0 amide bonds. The molecule has 0 saturated carbocycles. The number of hydrogen-bond donors (Lipinski definition) is 3. The molecule has 0 aromatic carbocycles. The van der Waals surface area contributed by atoms with Gasteiger partial charge in [-0.2, -0.15) is 0 Å². The Balaban J connectivity index is -0.000000251. The van der Waals surface area contributed by atoms with Crippen LogP contribution >= 0.6 is 140 Å². The fourth-order valence-electron chi connectivity index (χ4n) is 4.22. The van der Waals surface area contributed by atoms with Gasteiger partial charge in [-0.15, -0.1) is 30.6 Å². The molecule has 4 aromatic heterocycles. The molecule has 402 valence electrons. The maximum atomic E-state index is 8.67. The zero-order valence-electron chi connectivity index (χ0n) is 41.4. The van der Waals surface area contributed by atoms with Gasteiger partial charge in [0.25, 0.3) is 0 Å². The molecular formula is C46H93N8O2S12-. The van der Waals surface area contributed by atoms with Crippen molar-refractivity contribution in [2.75, 3.05) is 17.3 Å². The highest BCUT2D eigenvalue weighted by Gasteiger charge is 2.15. The fourth-order valence-corrected chi connectivity index (χ4v) is 15.7. The van der Waals surface area contributed by atoms with E-state index in [-0.39, 0.29) is 33.9 Å². The first-order valence-corrected chi connectivity index (χ1v) is 32.7. The summed E-state index contributed by atoms with van der Waals surface area (Å²) in [6, 6.07) is 0. The minimum atomic E-state index is -0.0648. The lowest BCUT2D eigenvalue weighted by atomic mass is 10.2. The maximum Gasteiger partial charge on any atom is 0.175 e. The van der Waals surface area contributed by atoms with Crippen molar-refractivity contribution in [2.45, 2.75) is 238 Å². The van der Waals surface area contributed by atoms with Crippen LogP contribution in [0.15, 0.2) is 26.0 Å². The first-order valence-electron chi connectivity index (χ1n) is 23.0. The zero-order valence-corrected chi connectivity index (χ0v) is 51.2. The minimum absolute atomic E-state index is 0. The van der Waals surface area contributed by atoms with E-state index in [4.69, 9.17) is 29.5 Å². The number of nitrogens with one attached hydrogen (secondary N) is 2. The first kappa shape index (κ1) is 77.6. The van der Waals surface area contributed by atoms with E-state index in [9.17, 15) is 0 Å². The van der Waals surface area contributed by atoms with Crippen molar-refractivity contribution in [3.8, 4) is 0 Å². The van der Waals surface area contributed by atoms with Gasteiger partial charge in [0.1, 0.15) is 0 Å². The van der Waals surface area contributed by atoms with Gasteiger partial charge in [-0.1, -0.05) is 254 Å². The highest BCUT2D eigenvalue weighted by Crippen LogP contribution is 2.37. The van der Waals surface area contributed by atoms with E-state index in [1.807, 2.05) is 84.4 Å². The van der Waals surface area contributed by atoms with E-state index < -0.39 is 0 Å². The van der Waals surface area contributed by atoms with E-state index in [0.29, 0.717) is 23.7 Å². The third-order valence-electron chi connectivity index (χ3n) is 9.66. The number of thioether (sulfide) groups is 6. The van der Waals surface area contributed by atoms with Crippen molar-refractivity contribution < 1.29 is 10.6 Å². The van der Waals surface area contributed by atoms with Crippen molar-refractivity contribution in [3.05, 3.63) is 7.91 Å². The average Bonchev–Trinajstić information content (AvgIpc) is 4.16. The van der Waals surface area contributed by atoms with Crippen LogP contribution < -0.4 is 0 Å². The molecule has 0 aliphatic rings. The minimum Gasteiger partial charge on any atom is -0.870 e. The van der Waals surface area contributed by atoms with Gasteiger partial charge in [0.05, 0.1) is 6.10 Å². The lowest BCUT2D eigenvalue weighted by Gasteiger charge is -2.08. The smallest absolute Gasteiger partial charge is 0.175 e. The Hall–Kier alpha value is 0.700. The summed E-state index contributed by atoms with van der Waals surface area (Å²) in [6.45, 7) is 30.9. The normalized spacial score (nSPS) is 11.8. The number of H-pyrrole nitrogens is 2. The van der Waals surface area contributed by atoms with E-state index in [1.165, 1.54) is 69.1 Å². The van der Waals surface area contributed by atoms with Gasteiger partial charge in [0, 0.05) is 33.0 Å². The number of aromatic nitrogens is 8. The molecule has 4 N–H and O–H groups in total. The molecular weight excluding hydrogens is 1080 g/mol. The van der Waals surface area contributed by atoms with Crippen molar-refractivity contribution >= 4 is 140 Å².